The number of hydrogen-bond acceptors (Lipinski definition) is 7. The molecule has 15 heteroatoms. The molecule has 2 amide bonds. The number of aliphatic imine (C=N–C) groups is 1. The van der Waals surface area contributed by atoms with Crippen LogP contribution in [0.25, 0.3) is 6.08 Å². The normalized spacial score (nSPS) is 17.2. The molecule has 2 heterocycles. The summed E-state index contributed by atoms with van der Waals surface area (Å²) in [6, 6.07) is 5.82. The summed E-state index contributed by atoms with van der Waals surface area (Å²) in [5.41, 5.74) is -3.45. The van der Waals surface area contributed by atoms with E-state index in [9.17, 15) is 35.9 Å². The number of methoxy groups -OCH3 is 1. The van der Waals surface area contributed by atoms with E-state index < -0.39 is 53.3 Å². The molecule has 0 aromatic heterocycles. The van der Waals surface area contributed by atoms with Gasteiger partial charge in [0, 0.05) is 31.7 Å². The second kappa shape index (κ2) is 12.6. The van der Waals surface area contributed by atoms with Gasteiger partial charge < -0.3 is 24.0 Å². The molecule has 1 fully saturated rings. The van der Waals surface area contributed by atoms with Crippen molar-refractivity contribution in [3.8, 4) is 11.5 Å². The van der Waals surface area contributed by atoms with Gasteiger partial charge in [0.05, 0.1) is 23.1 Å². The summed E-state index contributed by atoms with van der Waals surface area (Å²) in [7, 11) is 1.31. The van der Waals surface area contributed by atoms with Crippen LogP contribution in [0.2, 0.25) is 0 Å². The van der Waals surface area contributed by atoms with Gasteiger partial charge in [0.2, 0.25) is 0 Å². The van der Waals surface area contributed by atoms with Crippen molar-refractivity contribution < 1.29 is 50.1 Å². The number of carbonyl (C=O) groups is 2. The van der Waals surface area contributed by atoms with Crippen molar-refractivity contribution in [1.82, 2.24) is 9.80 Å². The highest BCUT2D eigenvalue weighted by Gasteiger charge is 2.38. The van der Waals surface area contributed by atoms with Crippen molar-refractivity contribution >= 4 is 35.0 Å². The molecule has 0 atom stereocenters. The number of nitrogens with zero attached hydrogens (tertiary/aromatic N) is 3. The summed E-state index contributed by atoms with van der Waals surface area (Å²) in [6.07, 6.45) is -8.80. The van der Waals surface area contributed by atoms with Gasteiger partial charge in [-0.2, -0.15) is 31.3 Å². The largest absolute Gasteiger partial charge is 0.493 e. The van der Waals surface area contributed by atoms with E-state index in [0.29, 0.717) is 47.9 Å². The van der Waals surface area contributed by atoms with Crippen molar-refractivity contribution in [2.24, 2.45) is 4.99 Å². The molecule has 0 radical (unpaired) electrons. The Balaban J connectivity index is 1.41. The van der Waals surface area contributed by atoms with Gasteiger partial charge in [0.1, 0.15) is 12.2 Å². The zero-order valence-corrected chi connectivity index (χ0v) is 25.0. The van der Waals surface area contributed by atoms with Crippen LogP contribution in [0.3, 0.4) is 0 Å². The van der Waals surface area contributed by atoms with Gasteiger partial charge in [-0.05, 0) is 68.4 Å². The molecular formula is C29H29F6N3O5S. The molecule has 0 bridgehead atoms. The minimum Gasteiger partial charge on any atom is -0.493 e. The van der Waals surface area contributed by atoms with Crippen LogP contribution in [0.5, 0.6) is 11.5 Å². The molecule has 0 unspecified atom stereocenters. The molecule has 0 aliphatic carbocycles. The van der Waals surface area contributed by atoms with Crippen LogP contribution in [0, 0.1) is 0 Å². The fraction of sp³-hybridized carbons (Fsp3) is 0.414. The number of halogens is 6. The Morgan fingerprint density at radius 1 is 0.955 bits per heavy atom. The highest BCUT2D eigenvalue weighted by atomic mass is 32.2. The third kappa shape index (κ3) is 8.18. The number of piperazine rings is 1. The molecule has 0 spiro atoms. The fourth-order valence-electron chi connectivity index (χ4n) is 4.28. The summed E-state index contributed by atoms with van der Waals surface area (Å²) in [6.45, 7) is 6.41. The number of ether oxygens (including phenoxy) is 3. The molecule has 44 heavy (non-hydrogen) atoms. The summed E-state index contributed by atoms with van der Waals surface area (Å²) in [5.74, 6) is -0.275. The number of hydrogen-bond donors (Lipinski definition) is 0. The van der Waals surface area contributed by atoms with Gasteiger partial charge in [-0.3, -0.25) is 4.79 Å². The van der Waals surface area contributed by atoms with E-state index >= 15 is 0 Å². The fourth-order valence-corrected chi connectivity index (χ4v) is 5.25. The minimum atomic E-state index is -5.03. The first-order valence-electron chi connectivity index (χ1n) is 13.3. The lowest BCUT2D eigenvalue weighted by molar-refractivity contribution is -0.143. The average Bonchev–Trinajstić information content (AvgIpc) is 3.30. The maximum atomic E-state index is 13.5. The summed E-state index contributed by atoms with van der Waals surface area (Å²) >= 11 is 1.17. The topological polar surface area (TPSA) is 80.7 Å². The molecule has 2 aromatic rings. The monoisotopic (exact) mass is 645 g/mol. The van der Waals surface area contributed by atoms with E-state index in [1.807, 2.05) is 4.90 Å². The van der Waals surface area contributed by atoms with Crippen molar-refractivity contribution in [2.45, 2.75) is 45.3 Å². The third-order valence-electron chi connectivity index (χ3n) is 6.42. The van der Waals surface area contributed by atoms with Gasteiger partial charge >= 0.3 is 18.4 Å². The molecule has 2 aromatic carbocycles. The molecule has 238 valence electrons. The number of alkyl halides is 6. The zero-order chi connectivity index (χ0) is 32.4. The molecule has 2 aliphatic rings. The molecule has 8 nitrogen and oxygen atoms in total. The number of benzene rings is 2. The second-order valence-electron chi connectivity index (χ2n) is 10.8. The Bertz CT molecular complexity index is 1480. The van der Waals surface area contributed by atoms with Crippen molar-refractivity contribution in [3.63, 3.8) is 0 Å². The molecule has 0 N–H and O–H groups in total. The molecule has 4 rings (SSSR count). The maximum absolute atomic E-state index is 13.5. The predicted molar refractivity (Wildman–Crippen MR) is 151 cm³/mol. The Morgan fingerprint density at radius 3 is 2.23 bits per heavy atom. The van der Waals surface area contributed by atoms with Crippen LogP contribution in [0.15, 0.2) is 46.3 Å². The van der Waals surface area contributed by atoms with E-state index in [-0.39, 0.29) is 17.6 Å². The smallest absolute Gasteiger partial charge is 0.416 e. The lowest BCUT2D eigenvalue weighted by atomic mass is 10.0. The van der Waals surface area contributed by atoms with Crippen LogP contribution >= 0.6 is 11.8 Å². The van der Waals surface area contributed by atoms with E-state index in [1.165, 1.54) is 31.0 Å². The van der Waals surface area contributed by atoms with Gasteiger partial charge in [0.15, 0.2) is 16.7 Å². The van der Waals surface area contributed by atoms with Crippen molar-refractivity contribution in [2.75, 3.05) is 33.3 Å². The summed E-state index contributed by atoms with van der Waals surface area (Å²) < 4.78 is 95.6. The number of amides is 2. The van der Waals surface area contributed by atoms with Gasteiger partial charge in [-0.25, -0.2) is 4.79 Å². The average molecular weight is 646 g/mol. The lowest BCUT2D eigenvalue weighted by Gasteiger charge is -2.36. The minimum absolute atomic E-state index is 0.0490. The van der Waals surface area contributed by atoms with Crippen molar-refractivity contribution in [3.05, 3.63) is 63.6 Å². The van der Waals surface area contributed by atoms with Gasteiger partial charge in [-0.15, -0.1) is 0 Å². The SMILES string of the molecule is COc1cc(C=C2SC(N3CCN(C(=O)OC(C)(C)C)CC3)=NC2=O)ccc1OCc1ccc(C(F)(F)F)cc1C(F)(F)F. The quantitative estimate of drug-likeness (QED) is 0.260. The Kier molecular flexibility index (Phi) is 9.47. The molecular weight excluding hydrogens is 616 g/mol. The van der Waals surface area contributed by atoms with Gasteiger partial charge in [0.25, 0.3) is 5.91 Å². The third-order valence-corrected chi connectivity index (χ3v) is 7.47. The van der Waals surface area contributed by atoms with E-state index in [4.69, 9.17) is 14.2 Å². The van der Waals surface area contributed by atoms with Crippen LogP contribution in [-0.2, 0) is 28.5 Å². The number of amidine groups is 1. The zero-order valence-electron chi connectivity index (χ0n) is 24.1. The summed E-state index contributed by atoms with van der Waals surface area (Å²) in [4.78, 5) is 32.9. The van der Waals surface area contributed by atoms with Crippen LogP contribution in [-0.4, -0.2) is 65.9 Å². The van der Waals surface area contributed by atoms with Crippen LogP contribution in [0.1, 0.15) is 43.0 Å². The lowest BCUT2D eigenvalue weighted by Crippen LogP contribution is -2.51. The first kappa shape index (κ1) is 33.0. The van der Waals surface area contributed by atoms with E-state index in [1.54, 1.807) is 37.8 Å². The van der Waals surface area contributed by atoms with Crippen LogP contribution in [0.4, 0.5) is 31.1 Å². The van der Waals surface area contributed by atoms with E-state index in [0.717, 1.165) is 6.07 Å². The second-order valence-corrected chi connectivity index (χ2v) is 11.8. The van der Waals surface area contributed by atoms with Gasteiger partial charge in [-0.1, -0.05) is 12.1 Å². The number of carbonyl (C=O) groups excluding carboxylic acids is 2. The number of thioether (sulfide) groups is 1. The molecule has 2 aliphatic heterocycles. The van der Waals surface area contributed by atoms with E-state index in [2.05, 4.69) is 4.99 Å². The Hall–Kier alpha value is -3.88. The molecule has 1 saturated heterocycles. The predicted octanol–water partition coefficient (Wildman–Crippen LogP) is 6.83. The Labute approximate surface area is 253 Å². The number of rotatable bonds is 5. The van der Waals surface area contributed by atoms with Crippen LogP contribution < -0.4 is 9.47 Å². The van der Waals surface area contributed by atoms with Crippen molar-refractivity contribution in [1.29, 1.82) is 0 Å². The maximum Gasteiger partial charge on any atom is 0.416 e. The Morgan fingerprint density at radius 2 is 1.64 bits per heavy atom. The first-order chi connectivity index (χ1) is 20.4. The highest BCUT2D eigenvalue weighted by Crippen LogP contribution is 2.39. The standard InChI is InChI=1S/C29H29F6N3O5S/c1-27(2,3)43-26(40)38-11-9-37(10-12-38)25-36-24(39)23(44-25)14-17-5-8-21(22(13-17)41-4)42-16-18-6-7-19(28(30,31)32)15-20(18)29(33,34)35/h5-8,13-15H,9-12,16H2,1-4H3. The first-order valence-corrected chi connectivity index (χ1v) is 14.1. The summed E-state index contributed by atoms with van der Waals surface area (Å²) in [5, 5.41) is 0.494. The molecule has 0 saturated carbocycles. The highest BCUT2D eigenvalue weighted by molar-refractivity contribution is 8.18.